The highest BCUT2D eigenvalue weighted by atomic mass is 16.5. The van der Waals surface area contributed by atoms with Crippen molar-refractivity contribution in [1.82, 2.24) is 5.32 Å². The molecule has 1 aromatic carbocycles. The topological polar surface area (TPSA) is 64.3 Å². The van der Waals surface area contributed by atoms with Crippen molar-refractivity contribution in [3.63, 3.8) is 0 Å². The molecule has 0 saturated carbocycles. The minimum Gasteiger partial charge on any atom is -0.383 e. The zero-order valence-electron chi connectivity index (χ0n) is 11.8. The molecule has 106 valence electrons. The fourth-order valence-corrected chi connectivity index (χ4v) is 2.05. The number of amides is 1. The number of ether oxygens (including phenoxy) is 1. The number of carbonyl (C=O) groups excluding carboxylic acids is 1. The smallest absolute Gasteiger partial charge is 0.222 e. The van der Waals surface area contributed by atoms with Crippen LogP contribution in [0.15, 0.2) is 30.3 Å². The molecule has 3 N–H and O–H groups in total. The Labute approximate surface area is 115 Å². The van der Waals surface area contributed by atoms with Gasteiger partial charge in [-0.2, -0.15) is 0 Å². The lowest BCUT2D eigenvalue weighted by molar-refractivity contribution is -0.122. The Bertz CT molecular complexity index is 362. The number of hydrogen-bond donors (Lipinski definition) is 2. The third kappa shape index (κ3) is 5.85. The third-order valence-corrected chi connectivity index (χ3v) is 3.00. The van der Waals surface area contributed by atoms with E-state index in [4.69, 9.17) is 10.5 Å². The van der Waals surface area contributed by atoms with Crippen molar-refractivity contribution in [2.45, 2.75) is 38.3 Å². The molecule has 0 spiro atoms. The van der Waals surface area contributed by atoms with Crippen molar-refractivity contribution in [3.8, 4) is 0 Å². The van der Waals surface area contributed by atoms with Crippen LogP contribution >= 0.6 is 0 Å². The van der Waals surface area contributed by atoms with Crippen molar-refractivity contribution in [1.29, 1.82) is 0 Å². The maximum absolute atomic E-state index is 11.9. The number of benzene rings is 1. The molecule has 1 aromatic rings. The van der Waals surface area contributed by atoms with Crippen LogP contribution in [0, 0.1) is 0 Å². The summed E-state index contributed by atoms with van der Waals surface area (Å²) in [4.78, 5) is 11.9. The molecule has 4 nitrogen and oxygen atoms in total. The first kappa shape index (κ1) is 15.7. The van der Waals surface area contributed by atoms with E-state index in [-0.39, 0.29) is 18.0 Å². The summed E-state index contributed by atoms with van der Waals surface area (Å²) in [6.45, 7) is 2.63. The van der Waals surface area contributed by atoms with Crippen molar-refractivity contribution in [3.05, 3.63) is 35.9 Å². The summed E-state index contributed by atoms with van der Waals surface area (Å²) in [7, 11) is 1.64. The summed E-state index contributed by atoms with van der Waals surface area (Å²) >= 11 is 0. The predicted octanol–water partition coefficient (Wildman–Crippen LogP) is 2.01. The van der Waals surface area contributed by atoms with Gasteiger partial charge in [-0.25, -0.2) is 0 Å². The van der Waals surface area contributed by atoms with Crippen LogP contribution in [0.1, 0.15) is 37.8 Å². The van der Waals surface area contributed by atoms with E-state index in [1.807, 2.05) is 30.3 Å². The number of nitrogens with two attached hydrogens (primary N) is 1. The molecule has 0 aliphatic rings. The van der Waals surface area contributed by atoms with Crippen LogP contribution in [0.4, 0.5) is 0 Å². The minimum absolute atomic E-state index is 0.0214. The summed E-state index contributed by atoms with van der Waals surface area (Å²) in [6, 6.07) is 9.49. The molecule has 0 heterocycles. The maximum atomic E-state index is 11.9. The molecular formula is C15H24N2O2. The summed E-state index contributed by atoms with van der Waals surface area (Å²) in [5.41, 5.74) is 7.01. The summed E-state index contributed by atoms with van der Waals surface area (Å²) in [6.07, 6.45) is 2.23. The zero-order chi connectivity index (χ0) is 14.1. The lowest BCUT2D eigenvalue weighted by Gasteiger charge is -2.19. The molecule has 0 fully saturated rings. The number of rotatable bonds is 8. The van der Waals surface area contributed by atoms with Gasteiger partial charge in [0.1, 0.15) is 0 Å². The molecule has 19 heavy (non-hydrogen) atoms. The average Bonchev–Trinajstić information content (AvgIpc) is 2.40. The Kier molecular flexibility index (Phi) is 7.15. The third-order valence-electron chi connectivity index (χ3n) is 3.00. The van der Waals surface area contributed by atoms with Crippen LogP contribution in [0.25, 0.3) is 0 Å². The predicted molar refractivity (Wildman–Crippen MR) is 76.7 cm³/mol. The van der Waals surface area contributed by atoms with Crippen LogP contribution < -0.4 is 11.1 Å². The Morgan fingerprint density at radius 3 is 2.63 bits per heavy atom. The molecule has 1 amide bonds. The van der Waals surface area contributed by atoms with Crippen LogP contribution in [-0.4, -0.2) is 25.7 Å². The number of hydrogen-bond acceptors (Lipinski definition) is 3. The quantitative estimate of drug-likeness (QED) is 0.755. The fraction of sp³-hybridized carbons (Fsp3) is 0.533. The second-order valence-corrected chi connectivity index (χ2v) is 4.73. The van der Waals surface area contributed by atoms with E-state index in [0.717, 1.165) is 18.4 Å². The monoisotopic (exact) mass is 264 g/mol. The van der Waals surface area contributed by atoms with Crippen LogP contribution in [0.3, 0.4) is 0 Å². The summed E-state index contributed by atoms with van der Waals surface area (Å²) in [5, 5.41) is 2.98. The van der Waals surface area contributed by atoms with Crippen molar-refractivity contribution in [2.24, 2.45) is 5.73 Å². The minimum atomic E-state index is -0.258. The highest BCUT2D eigenvalue weighted by Gasteiger charge is 2.15. The van der Waals surface area contributed by atoms with E-state index in [1.54, 1.807) is 7.11 Å². The van der Waals surface area contributed by atoms with Crippen molar-refractivity contribution >= 4 is 5.91 Å². The molecule has 0 aromatic heterocycles. The first-order chi connectivity index (χ1) is 9.17. The van der Waals surface area contributed by atoms with Gasteiger partial charge in [0.05, 0.1) is 12.6 Å². The van der Waals surface area contributed by atoms with Crippen LogP contribution in [0.5, 0.6) is 0 Å². The first-order valence-electron chi connectivity index (χ1n) is 6.76. The van der Waals surface area contributed by atoms with Gasteiger partial charge in [0.25, 0.3) is 0 Å². The molecular weight excluding hydrogens is 240 g/mol. The van der Waals surface area contributed by atoms with E-state index in [1.165, 1.54) is 0 Å². The summed E-state index contributed by atoms with van der Waals surface area (Å²) in [5.74, 6) is -0.0214. The molecule has 0 saturated heterocycles. The summed E-state index contributed by atoms with van der Waals surface area (Å²) < 4.78 is 5.10. The van der Waals surface area contributed by atoms with Gasteiger partial charge in [0.2, 0.25) is 5.91 Å². The number of methoxy groups -OCH3 is 1. The molecule has 4 heteroatoms. The van der Waals surface area contributed by atoms with Crippen LogP contribution in [-0.2, 0) is 9.53 Å². The second kappa shape index (κ2) is 8.67. The molecule has 1 rings (SSSR count). The lowest BCUT2D eigenvalue weighted by Crippen LogP contribution is -2.39. The van der Waals surface area contributed by atoms with Gasteiger partial charge in [0.15, 0.2) is 0 Å². The van der Waals surface area contributed by atoms with E-state index >= 15 is 0 Å². The zero-order valence-corrected chi connectivity index (χ0v) is 11.8. The molecule has 0 aliphatic heterocycles. The Hall–Kier alpha value is -1.39. The average molecular weight is 264 g/mol. The molecule has 2 unspecified atom stereocenters. The van der Waals surface area contributed by atoms with E-state index < -0.39 is 0 Å². The van der Waals surface area contributed by atoms with Crippen LogP contribution in [0.2, 0.25) is 0 Å². The lowest BCUT2D eigenvalue weighted by atomic mass is 10.0. The Balaban J connectivity index is 2.45. The fourth-order valence-electron chi connectivity index (χ4n) is 2.05. The maximum Gasteiger partial charge on any atom is 0.222 e. The normalized spacial score (nSPS) is 13.8. The second-order valence-electron chi connectivity index (χ2n) is 4.73. The van der Waals surface area contributed by atoms with Gasteiger partial charge >= 0.3 is 0 Å². The molecule has 0 radical (unpaired) electrons. The molecule has 0 aliphatic carbocycles. The van der Waals surface area contributed by atoms with E-state index in [9.17, 15) is 4.79 Å². The number of carbonyl (C=O) groups is 1. The van der Waals surface area contributed by atoms with Gasteiger partial charge in [-0.15, -0.1) is 0 Å². The SMILES string of the molecule is CCCC(COC)NC(=O)CC(N)c1ccccc1. The highest BCUT2D eigenvalue weighted by Crippen LogP contribution is 2.13. The van der Waals surface area contributed by atoms with Crippen molar-refractivity contribution in [2.75, 3.05) is 13.7 Å². The first-order valence-corrected chi connectivity index (χ1v) is 6.76. The standard InChI is InChI=1S/C15H24N2O2/c1-3-7-13(11-19-2)17-15(18)10-14(16)12-8-5-4-6-9-12/h4-6,8-9,13-14H,3,7,10-11,16H2,1-2H3,(H,17,18). The molecule has 2 atom stereocenters. The van der Waals surface area contributed by atoms with E-state index in [2.05, 4.69) is 12.2 Å². The molecule has 0 bridgehead atoms. The van der Waals surface area contributed by atoms with Gasteiger partial charge < -0.3 is 15.8 Å². The van der Waals surface area contributed by atoms with Gasteiger partial charge in [0, 0.05) is 19.6 Å². The van der Waals surface area contributed by atoms with Gasteiger partial charge in [-0.1, -0.05) is 43.7 Å². The van der Waals surface area contributed by atoms with E-state index in [0.29, 0.717) is 13.0 Å². The highest BCUT2D eigenvalue weighted by molar-refractivity contribution is 5.77. The Morgan fingerprint density at radius 1 is 1.37 bits per heavy atom. The Morgan fingerprint density at radius 2 is 2.05 bits per heavy atom. The van der Waals surface area contributed by atoms with Gasteiger partial charge in [-0.3, -0.25) is 4.79 Å². The largest absolute Gasteiger partial charge is 0.383 e. The van der Waals surface area contributed by atoms with Crippen molar-refractivity contribution < 1.29 is 9.53 Å². The van der Waals surface area contributed by atoms with Gasteiger partial charge in [-0.05, 0) is 12.0 Å². The number of nitrogens with one attached hydrogen (secondary N) is 1.